The van der Waals surface area contributed by atoms with E-state index >= 15 is 0 Å². The highest BCUT2D eigenvalue weighted by atomic mass is 19.1. The van der Waals surface area contributed by atoms with Crippen molar-refractivity contribution in [2.45, 2.75) is 19.3 Å². The Balaban J connectivity index is 2.33. The van der Waals surface area contributed by atoms with Gasteiger partial charge in [0, 0.05) is 0 Å². The fraction of sp³-hybridized carbons (Fsp3) is 0.364. The zero-order chi connectivity index (χ0) is 10.1. The number of hydrogen-bond acceptors (Lipinski definition) is 1. The van der Waals surface area contributed by atoms with Gasteiger partial charge in [-0.15, -0.1) is 0 Å². The number of aliphatic carboxylic acids is 1. The van der Waals surface area contributed by atoms with Crippen LogP contribution in [-0.2, 0) is 17.6 Å². The summed E-state index contributed by atoms with van der Waals surface area (Å²) in [5.74, 6) is -1.51. The molecule has 0 radical (unpaired) electrons. The summed E-state index contributed by atoms with van der Waals surface area (Å²) < 4.78 is 13.3. The van der Waals surface area contributed by atoms with Gasteiger partial charge >= 0.3 is 5.97 Å². The minimum Gasteiger partial charge on any atom is -0.481 e. The third kappa shape index (κ3) is 1.50. The zero-order valence-electron chi connectivity index (χ0n) is 7.66. The predicted octanol–water partition coefficient (Wildman–Crippen LogP) is 2.02. The monoisotopic (exact) mass is 194 g/mol. The first kappa shape index (κ1) is 9.19. The molecule has 0 saturated heterocycles. The molecule has 14 heavy (non-hydrogen) atoms. The summed E-state index contributed by atoms with van der Waals surface area (Å²) in [6.07, 6.45) is 1.62. The Morgan fingerprint density at radius 1 is 1.50 bits per heavy atom. The Morgan fingerprint density at radius 2 is 2.29 bits per heavy atom. The molecule has 3 heteroatoms. The van der Waals surface area contributed by atoms with Crippen molar-refractivity contribution in [1.82, 2.24) is 0 Å². The second kappa shape index (κ2) is 3.40. The van der Waals surface area contributed by atoms with Crippen molar-refractivity contribution < 1.29 is 14.3 Å². The maximum absolute atomic E-state index is 13.3. The molecule has 0 saturated carbocycles. The molecule has 0 aromatic heterocycles. The lowest BCUT2D eigenvalue weighted by Gasteiger charge is -2.21. The first-order chi connectivity index (χ1) is 6.68. The third-order valence-electron chi connectivity index (χ3n) is 2.78. The van der Waals surface area contributed by atoms with Gasteiger partial charge in [-0.1, -0.05) is 12.1 Å². The smallest absolute Gasteiger partial charge is 0.306 e. The van der Waals surface area contributed by atoms with Gasteiger partial charge in [-0.2, -0.15) is 0 Å². The minimum absolute atomic E-state index is 0.270. The van der Waals surface area contributed by atoms with Crippen molar-refractivity contribution >= 4 is 5.97 Å². The number of carbonyl (C=O) groups is 1. The van der Waals surface area contributed by atoms with Crippen LogP contribution in [-0.4, -0.2) is 11.1 Å². The molecule has 1 aliphatic rings. The predicted molar refractivity (Wildman–Crippen MR) is 49.6 cm³/mol. The first-order valence-corrected chi connectivity index (χ1v) is 4.67. The summed E-state index contributed by atoms with van der Waals surface area (Å²) in [5, 5.41) is 8.83. The Morgan fingerprint density at radius 3 is 3.00 bits per heavy atom. The largest absolute Gasteiger partial charge is 0.481 e. The second-order valence-corrected chi connectivity index (χ2v) is 3.66. The fourth-order valence-electron chi connectivity index (χ4n) is 1.96. The highest BCUT2D eigenvalue weighted by Crippen LogP contribution is 2.27. The summed E-state index contributed by atoms with van der Waals surface area (Å²) >= 11 is 0. The van der Waals surface area contributed by atoms with Crippen LogP contribution in [0, 0.1) is 11.7 Å². The molecule has 1 aliphatic carbocycles. The summed E-state index contributed by atoms with van der Waals surface area (Å²) in [5.41, 5.74) is 1.55. The van der Waals surface area contributed by atoms with Crippen molar-refractivity contribution in [3.63, 3.8) is 0 Å². The molecule has 0 spiro atoms. The van der Waals surface area contributed by atoms with Crippen LogP contribution in [0.2, 0.25) is 0 Å². The molecule has 2 rings (SSSR count). The van der Waals surface area contributed by atoms with Crippen LogP contribution in [0.15, 0.2) is 18.2 Å². The Kier molecular flexibility index (Phi) is 2.23. The number of aryl methyl sites for hydroxylation is 1. The van der Waals surface area contributed by atoms with Gasteiger partial charge in [0.25, 0.3) is 0 Å². The molecule has 2 nitrogen and oxygen atoms in total. The van der Waals surface area contributed by atoms with Gasteiger partial charge in [-0.05, 0) is 36.5 Å². The number of benzene rings is 1. The number of rotatable bonds is 1. The van der Waals surface area contributed by atoms with E-state index in [1.165, 1.54) is 6.07 Å². The average Bonchev–Trinajstić information content (AvgIpc) is 2.18. The van der Waals surface area contributed by atoms with E-state index in [9.17, 15) is 9.18 Å². The summed E-state index contributed by atoms with van der Waals surface area (Å²) in [6, 6.07) is 4.94. The van der Waals surface area contributed by atoms with E-state index in [1.807, 2.05) is 6.07 Å². The molecule has 74 valence electrons. The molecule has 1 aromatic carbocycles. The Labute approximate surface area is 81.4 Å². The van der Waals surface area contributed by atoms with E-state index in [0.29, 0.717) is 24.8 Å². The molecule has 0 bridgehead atoms. The van der Waals surface area contributed by atoms with Gasteiger partial charge in [0.05, 0.1) is 5.92 Å². The third-order valence-corrected chi connectivity index (χ3v) is 2.78. The van der Waals surface area contributed by atoms with Crippen LogP contribution in [0.25, 0.3) is 0 Å². The van der Waals surface area contributed by atoms with Gasteiger partial charge in [-0.25, -0.2) is 4.39 Å². The van der Waals surface area contributed by atoms with Crippen molar-refractivity contribution in [1.29, 1.82) is 0 Å². The van der Waals surface area contributed by atoms with E-state index in [1.54, 1.807) is 6.07 Å². The number of carboxylic acid groups (broad SMARTS) is 1. The lowest BCUT2D eigenvalue weighted by molar-refractivity contribution is -0.142. The highest BCUT2D eigenvalue weighted by molar-refractivity contribution is 5.71. The van der Waals surface area contributed by atoms with Crippen molar-refractivity contribution in [2.75, 3.05) is 0 Å². The van der Waals surface area contributed by atoms with E-state index in [2.05, 4.69) is 0 Å². The number of hydrogen-bond donors (Lipinski definition) is 1. The van der Waals surface area contributed by atoms with Crippen LogP contribution < -0.4 is 0 Å². The van der Waals surface area contributed by atoms with Gasteiger partial charge in [0.15, 0.2) is 0 Å². The van der Waals surface area contributed by atoms with E-state index in [-0.39, 0.29) is 5.82 Å². The molecule has 0 fully saturated rings. The molecule has 1 aromatic rings. The molecule has 1 atom stereocenters. The van der Waals surface area contributed by atoms with Crippen molar-refractivity contribution in [3.8, 4) is 0 Å². The minimum atomic E-state index is -0.820. The number of halogens is 1. The molecular formula is C11H11FO2. The molecule has 0 heterocycles. The lowest BCUT2D eigenvalue weighted by Crippen LogP contribution is -2.22. The fourth-order valence-corrected chi connectivity index (χ4v) is 1.96. The van der Waals surface area contributed by atoms with E-state index < -0.39 is 11.9 Å². The second-order valence-electron chi connectivity index (χ2n) is 3.66. The van der Waals surface area contributed by atoms with Crippen LogP contribution in [0.4, 0.5) is 4.39 Å². The summed E-state index contributed by atoms with van der Waals surface area (Å²) in [6.45, 7) is 0. The van der Waals surface area contributed by atoms with Crippen LogP contribution in [0.3, 0.4) is 0 Å². The maximum atomic E-state index is 13.3. The first-order valence-electron chi connectivity index (χ1n) is 4.67. The summed E-state index contributed by atoms with van der Waals surface area (Å²) in [7, 11) is 0. The van der Waals surface area contributed by atoms with Gasteiger partial charge < -0.3 is 5.11 Å². The van der Waals surface area contributed by atoms with Crippen LogP contribution in [0.1, 0.15) is 17.5 Å². The molecule has 1 unspecified atom stereocenters. The normalized spacial score (nSPS) is 20.2. The van der Waals surface area contributed by atoms with Crippen LogP contribution in [0.5, 0.6) is 0 Å². The Bertz CT molecular complexity index is 374. The SMILES string of the molecule is O=C(O)C1CCc2cccc(F)c2C1. The lowest BCUT2D eigenvalue weighted by atomic mass is 9.84. The number of fused-ring (bicyclic) bond motifs is 1. The van der Waals surface area contributed by atoms with E-state index in [4.69, 9.17) is 5.11 Å². The molecule has 0 aliphatic heterocycles. The number of carboxylic acids is 1. The maximum Gasteiger partial charge on any atom is 0.306 e. The van der Waals surface area contributed by atoms with Gasteiger partial charge in [0.2, 0.25) is 0 Å². The molecule has 1 N–H and O–H groups in total. The highest BCUT2D eigenvalue weighted by Gasteiger charge is 2.25. The van der Waals surface area contributed by atoms with Gasteiger partial charge in [0.1, 0.15) is 5.82 Å². The van der Waals surface area contributed by atoms with Gasteiger partial charge in [-0.3, -0.25) is 4.79 Å². The standard InChI is InChI=1S/C11H11FO2/c12-10-3-1-2-7-4-5-8(11(13)14)6-9(7)10/h1-3,8H,4-6H2,(H,13,14). The topological polar surface area (TPSA) is 37.3 Å². The Hall–Kier alpha value is -1.38. The van der Waals surface area contributed by atoms with E-state index in [0.717, 1.165) is 5.56 Å². The zero-order valence-corrected chi connectivity index (χ0v) is 7.66. The summed E-state index contributed by atoms with van der Waals surface area (Å²) in [4.78, 5) is 10.8. The quantitative estimate of drug-likeness (QED) is 0.742. The van der Waals surface area contributed by atoms with Crippen molar-refractivity contribution in [3.05, 3.63) is 35.1 Å². The average molecular weight is 194 g/mol. The van der Waals surface area contributed by atoms with Crippen molar-refractivity contribution in [2.24, 2.45) is 5.92 Å². The van der Waals surface area contributed by atoms with Crippen LogP contribution >= 0.6 is 0 Å². The molecule has 0 amide bonds. The molecular weight excluding hydrogens is 183 g/mol.